The van der Waals surface area contributed by atoms with Gasteiger partial charge in [0.15, 0.2) is 0 Å². The number of carbonyl (C=O) groups is 2. The molecule has 1 rings (SSSR count). The van der Waals surface area contributed by atoms with Crippen molar-refractivity contribution in [3.63, 3.8) is 0 Å². The summed E-state index contributed by atoms with van der Waals surface area (Å²) in [7, 11) is 1.68. The second-order valence-electron chi connectivity index (χ2n) is 5.20. The molecule has 1 aliphatic rings. The third-order valence-corrected chi connectivity index (χ3v) is 4.48. The van der Waals surface area contributed by atoms with E-state index in [1.165, 1.54) is 11.6 Å². The minimum absolute atomic E-state index is 0.0466. The van der Waals surface area contributed by atoms with Gasteiger partial charge in [-0.3, -0.25) is 0 Å². The lowest BCUT2D eigenvalue weighted by Gasteiger charge is -2.27. The summed E-state index contributed by atoms with van der Waals surface area (Å²) in [6.45, 7) is 3.82. The maximum absolute atomic E-state index is 11.6. The Morgan fingerprint density at radius 2 is 2.35 bits per heavy atom. The lowest BCUT2D eigenvalue weighted by Crippen LogP contribution is -2.30. The van der Waals surface area contributed by atoms with E-state index < -0.39 is 0 Å². The Kier molecular flexibility index (Phi) is 7.43. The van der Waals surface area contributed by atoms with E-state index in [0.29, 0.717) is 12.8 Å². The first kappa shape index (κ1) is 17.4. The van der Waals surface area contributed by atoms with Crippen molar-refractivity contribution in [3.8, 4) is 0 Å². The van der Waals surface area contributed by atoms with Crippen LogP contribution in [0.25, 0.3) is 0 Å². The number of rotatable bonds is 7. The van der Waals surface area contributed by atoms with Gasteiger partial charge >= 0.3 is 5.97 Å². The zero-order valence-electron chi connectivity index (χ0n) is 12.1. The normalized spacial score (nSPS) is 22.8. The molecule has 0 spiro atoms. The summed E-state index contributed by atoms with van der Waals surface area (Å²) >= 11 is 2.21. The van der Waals surface area contributed by atoms with Crippen LogP contribution in [0.5, 0.6) is 0 Å². The number of hydrogen-bond donors (Lipinski definition) is 0. The fraction of sp³-hybridized carbons (Fsp3) is 0.600. The molecule has 0 aliphatic carbocycles. The third kappa shape index (κ3) is 5.36. The predicted molar refractivity (Wildman–Crippen MR) is 85.6 cm³/mol. The number of halogens is 1. The number of methoxy groups -OCH3 is 1. The summed E-state index contributed by atoms with van der Waals surface area (Å²) in [4.78, 5) is 22.4. The van der Waals surface area contributed by atoms with Crippen LogP contribution in [0.2, 0.25) is 0 Å². The van der Waals surface area contributed by atoms with Crippen molar-refractivity contribution < 1.29 is 19.1 Å². The van der Waals surface area contributed by atoms with Crippen molar-refractivity contribution >= 4 is 34.8 Å². The molecule has 0 saturated heterocycles. The number of hydrogen-bond acceptors (Lipinski definition) is 4. The summed E-state index contributed by atoms with van der Waals surface area (Å²) in [5, 5.41) is 0. The maximum Gasteiger partial charge on any atom is 0.331 e. The van der Waals surface area contributed by atoms with E-state index >= 15 is 0 Å². The maximum atomic E-state index is 11.6. The highest BCUT2D eigenvalue weighted by atomic mass is 127. The Labute approximate surface area is 133 Å². The van der Waals surface area contributed by atoms with Gasteiger partial charge in [-0.2, -0.15) is 0 Å². The van der Waals surface area contributed by atoms with Crippen LogP contribution < -0.4 is 0 Å². The highest BCUT2D eigenvalue weighted by molar-refractivity contribution is 14.1. The van der Waals surface area contributed by atoms with E-state index in [1.807, 2.05) is 4.08 Å². The second kappa shape index (κ2) is 8.56. The van der Waals surface area contributed by atoms with Crippen LogP contribution in [-0.2, 0) is 19.1 Å². The molecule has 1 aliphatic heterocycles. The van der Waals surface area contributed by atoms with E-state index in [2.05, 4.69) is 29.5 Å². The SMILES string of the molecule is CO[C@@H](CC1=CC(=O)O[C@@H]([C@H](C)C=O)C1)C/C(C)=C/I. The van der Waals surface area contributed by atoms with Crippen LogP contribution in [0.1, 0.15) is 33.1 Å². The van der Waals surface area contributed by atoms with Gasteiger partial charge < -0.3 is 14.3 Å². The summed E-state index contributed by atoms with van der Waals surface area (Å²) in [5.74, 6) is -0.638. The zero-order chi connectivity index (χ0) is 15.1. The first-order chi connectivity index (χ1) is 9.49. The molecule has 0 bridgehead atoms. The fourth-order valence-corrected chi connectivity index (χ4v) is 2.42. The number of ether oxygens (including phenoxy) is 2. The van der Waals surface area contributed by atoms with Crippen molar-refractivity contribution in [1.82, 2.24) is 0 Å². The van der Waals surface area contributed by atoms with E-state index in [4.69, 9.17) is 9.47 Å². The van der Waals surface area contributed by atoms with E-state index in [1.54, 1.807) is 14.0 Å². The van der Waals surface area contributed by atoms with Crippen molar-refractivity contribution in [2.24, 2.45) is 5.92 Å². The molecule has 0 aromatic heterocycles. The van der Waals surface area contributed by atoms with Crippen molar-refractivity contribution in [2.75, 3.05) is 7.11 Å². The smallest absolute Gasteiger partial charge is 0.331 e. The molecule has 0 saturated carbocycles. The van der Waals surface area contributed by atoms with Gasteiger partial charge in [0.05, 0.1) is 6.10 Å². The Bertz CT molecular complexity index is 414. The van der Waals surface area contributed by atoms with Gasteiger partial charge in [0, 0.05) is 25.5 Å². The molecule has 0 fully saturated rings. The van der Waals surface area contributed by atoms with Gasteiger partial charge in [-0.25, -0.2) is 4.79 Å². The Balaban J connectivity index is 2.69. The van der Waals surface area contributed by atoms with Crippen LogP contribution in [-0.4, -0.2) is 31.6 Å². The van der Waals surface area contributed by atoms with Gasteiger partial charge in [-0.15, -0.1) is 0 Å². The molecule has 20 heavy (non-hydrogen) atoms. The number of aldehydes is 1. The molecule has 4 nitrogen and oxygen atoms in total. The molecule has 0 radical (unpaired) electrons. The highest BCUT2D eigenvalue weighted by Gasteiger charge is 2.27. The van der Waals surface area contributed by atoms with Gasteiger partial charge in [0.2, 0.25) is 0 Å². The number of carbonyl (C=O) groups excluding carboxylic acids is 2. The Morgan fingerprint density at radius 1 is 1.65 bits per heavy atom. The molecular weight excluding hydrogens is 371 g/mol. The first-order valence-electron chi connectivity index (χ1n) is 6.64. The Hall–Kier alpha value is -0.690. The standard InChI is InChI=1S/C15H21IO4/c1-10(8-16)4-13(19-3)5-12-6-14(11(2)9-17)20-15(18)7-12/h7-9,11,13-14H,4-6H2,1-3H3/b10-8+/t11-,13-,14-/m1/s1. The zero-order valence-corrected chi connectivity index (χ0v) is 14.3. The molecule has 0 N–H and O–H groups in total. The van der Waals surface area contributed by atoms with Gasteiger partial charge in [0.25, 0.3) is 0 Å². The largest absolute Gasteiger partial charge is 0.458 e. The van der Waals surface area contributed by atoms with Crippen molar-refractivity contribution in [2.45, 2.75) is 45.3 Å². The van der Waals surface area contributed by atoms with Gasteiger partial charge in [0.1, 0.15) is 12.4 Å². The summed E-state index contributed by atoms with van der Waals surface area (Å²) in [5.41, 5.74) is 2.24. The lowest BCUT2D eigenvalue weighted by atomic mass is 9.92. The minimum Gasteiger partial charge on any atom is -0.458 e. The molecule has 0 unspecified atom stereocenters. The van der Waals surface area contributed by atoms with Gasteiger partial charge in [-0.1, -0.05) is 40.7 Å². The van der Waals surface area contributed by atoms with Crippen LogP contribution in [0.3, 0.4) is 0 Å². The topological polar surface area (TPSA) is 52.6 Å². The molecule has 0 amide bonds. The van der Waals surface area contributed by atoms with E-state index in [9.17, 15) is 9.59 Å². The molecule has 112 valence electrons. The lowest BCUT2D eigenvalue weighted by molar-refractivity contribution is -0.147. The second-order valence-corrected chi connectivity index (χ2v) is 5.82. The van der Waals surface area contributed by atoms with Gasteiger partial charge in [-0.05, 0) is 23.8 Å². The van der Waals surface area contributed by atoms with Crippen LogP contribution in [0, 0.1) is 5.92 Å². The van der Waals surface area contributed by atoms with Crippen LogP contribution >= 0.6 is 22.6 Å². The van der Waals surface area contributed by atoms with Crippen LogP contribution in [0.15, 0.2) is 21.3 Å². The molecule has 0 aromatic rings. The van der Waals surface area contributed by atoms with E-state index in [0.717, 1.165) is 18.3 Å². The first-order valence-corrected chi connectivity index (χ1v) is 7.88. The fourth-order valence-electron chi connectivity index (χ4n) is 2.17. The number of cyclic esters (lactones) is 1. The molecule has 1 heterocycles. The van der Waals surface area contributed by atoms with Crippen molar-refractivity contribution in [3.05, 3.63) is 21.3 Å². The average Bonchev–Trinajstić information content (AvgIpc) is 2.44. The predicted octanol–water partition coefficient (Wildman–Crippen LogP) is 3.20. The number of esters is 1. The highest BCUT2D eigenvalue weighted by Crippen LogP contribution is 2.26. The third-order valence-electron chi connectivity index (χ3n) is 3.41. The Morgan fingerprint density at radius 3 is 2.90 bits per heavy atom. The van der Waals surface area contributed by atoms with E-state index in [-0.39, 0.29) is 24.1 Å². The monoisotopic (exact) mass is 392 g/mol. The molecule has 5 heteroatoms. The molecule has 3 atom stereocenters. The molecular formula is C15H21IO4. The quantitative estimate of drug-likeness (QED) is 0.379. The summed E-state index contributed by atoms with van der Waals surface area (Å²) in [6.07, 6.45) is 4.19. The van der Waals surface area contributed by atoms with Crippen LogP contribution in [0.4, 0.5) is 0 Å². The minimum atomic E-state index is -0.360. The van der Waals surface area contributed by atoms with Crippen molar-refractivity contribution in [1.29, 1.82) is 0 Å². The summed E-state index contributed by atoms with van der Waals surface area (Å²) in [6, 6.07) is 0. The molecule has 0 aromatic carbocycles. The summed E-state index contributed by atoms with van der Waals surface area (Å²) < 4.78 is 12.7. The average molecular weight is 392 g/mol.